The Morgan fingerprint density at radius 2 is 1.62 bits per heavy atom. The number of aromatic nitrogens is 2. The fraction of sp³-hybridized carbons (Fsp3) is 0. The van der Waals surface area contributed by atoms with Gasteiger partial charge in [0.1, 0.15) is 11.6 Å². The van der Waals surface area contributed by atoms with Gasteiger partial charge in [-0.2, -0.15) is 0 Å². The van der Waals surface area contributed by atoms with E-state index in [0.717, 1.165) is 0 Å². The van der Waals surface area contributed by atoms with E-state index in [0.29, 0.717) is 11.0 Å². The number of rotatable bonds is 3. The molecule has 0 atom stereocenters. The molecule has 0 bridgehead atoms. The predicted octanol–water partition coefficient (Wildman–Crippen LogP) is 3.26. The molecule has 0 aliphatic rings. The summed E-state index contributed by atoms with van der Waals surface area (Å²) < 4.78 is 18.3. The number of fused-ring (bicyclic) bond motifs is 1. The molecule has 0 aliphatic heterocycles. The fourth-order valence-electron chi connectivity index (χ4n) is 1.81. The zero-order valence-electron chi connectivity index (χ0n) is 10.7. The summed E-state index contributed by atoms with van der Waals surface area (Å²) in [6.45, 7) is 0. The zero-order chi connectivity index (χ0) is 14.8. The lowest BCUT2D eigenvalue weighted by Crippen LogP contribution is -2.06. The maximum atomic E-state index is 12.9. The summed E-state index contributed by atoms with van der Waals surface area (Å²) in [5, 5.41) is 9.20. The van der Waals surface area contributed by atoms with Crippen LogP contribution in [0.5, 0.6) is 11.6 Å². The Balaban J connectivity index is 2.09. The summed E-state index contributed by atoms with van der Waals surface area (Å²) in [6.07, 6.45) is 0. The van der Waals surface area contributed by atoms with Crippen molar-refractivity contribution in [2.45, 2.75) is 0 Å². The topological polar surface area (TPSA) is 72.3 Å². The van der Waals surface area contributed by atoms with Gasteiger partial charge in [0.25, 0.3) is 5.88 Å². The molecule has 6 heteroatoms. The number of nitrogens with zero attached hydrogens (tertiary/aromatic N) is 2. The minimum Gasteiger partial charge on any atom is -0.476 e. The molecular weight excluding hydrogens is 275 g/mol. The second kappa shape index (κ2) is 5.16. The SMILES string of the molecule is O=C(O)c1nc2ccccc2nc1Oc1ccc(F)cc1. The van der Waals surface area contributed by atoms with Crippen LogP contribution in [-0.2, 0) is 0 Å². The Hall–Kier alpha value is -3.02. The third kappa shape index (κ3) is 2.64. The van der Waals surface area contributed by atoms with Crippen LogP contribution in [0.4, 0.5) is 4.39 Å². The molecular formula is C15H9FN2O3. The Morgan fingerprint density at radius 1 is 1.00 bits per heavy atom. The van der Waals surface area contributed by atoms with Crippen molar-refractivity contribution in [1.29, 1.82) is 0 Å². The molecule has 3 aromatic rings. The first kappa shape index (κ1) is 13.0. The van der Waals surface area contributed by atoms with Crippen molar-refractivity contribution in [3.63, 3.8) is 0 Å². The van der Waals surface area contributed by atoms with E-state index in [9.17, 15) is 14.3 Å². The predicted molar refractivity (Wildman–Crippen MR) is 73.0 cm³/mol. The zero-order valence-corrected chi connectivity index (χ0v) is 10.7. The number of hydrogen-bond acceptors (Lipinski definition) is 4. The van der Waals surface area contributed by atoms with E-state index < -0.39 is 11.8 Å². The van der Waals surface area contributed by atoms with Gasteiger partial charge in [-0.3, -0.25) is 0 Å². The monoisotopic (exact) mass is 284 g/mol. The molecule has 0 aliphatic carbocycles. The van der Waals surface area contributed by atoms with Crippen LogP contribution in [0.3, 0.4) is 0 Å². The lowest BCUT2D eigenvalue weighted by atomic mass is 10.3. The molecule has 0 fully saturated rings. The Morgan fingerprint density at radius 3 is 2.24 bits per heavy atom. The van der Waals surface area contributed by atoms with E-state index in [1.54, 1.807) is 24.3 Å². The van der Waals surface area contributed by atoms with Crippen LogP contribution in [0.2, 0.25) is 0 Å². The fourth-order valence-corrected chi connectivity index (χ4v) is 1.81. The number of halogens is 1. The van der Waals surface area contributed by atoms with Gasteiger partial charge in [0.2, 0.25) is 5.69 Å². The molecule has 0 unspecified atom stereocenters. The van der Waals surface area contributed by atoms with E-state index in [4.69, 9.17) is 4.74 Å². The van der Waals surface area contributed by atoms with Crippen LogP contribution in [0.15, 0.2) is 48.5 Å². The van der Waals surface area contributed by atoms with Gasteiger partial charge in [-0.05, 0) is 36.4 Å². The first-order chi connectivity index (χ1) is 10.1. The Labute approximate surface area is 118 Å². The quantitative estimate of drug-likeness (QED) is 0.799. The molecule has 21 heavy (non-hydrogen) atoms. The normalized spacial score (nSPS) is 10.5. The highest BCUT2D eigenvalue weighted by atomic mass is 19.1. The first-order valence-electron chi connectivity index (χ1n) is 6.07. The van der Waals surface area contributed by atoms with Crippen LogP contribution in [-0.4, -0.2) is 21.0 Å². The number of benzene rings is 2. The van der Waals surface area contributed by atoms with E-state index in [1.165, 1.54) is 24.3 Å². The number of para-hydroxylation sites is 2. The van der Waals surface area contributed by atoms with Crippen molar-refractivity contribution in [1.82, 2.24) is 9.97 Å². The molecule has 2 aromatic carbocycles. The maximum Gasteiger partial charge on any atom is 0.360 e. The standard InChI is InChI=1S/C15H9FN2O3/c16-9-5-7-10(8-6-9)21-14-13(15(19)20)17-11-3-1-2-4-12(11)18-14/h1-8H,(H,19,20). The summed E-state index contributed by atoms with van der Waals surface area (Å²) in [5.74, 6) is -1.51. The van der Waals surface area contributed by atoms with E-state index in [-0.39, 0.29) is 17.3 Å². The van der Waals surface area contributed by atoms with E-state index in [2.05, 4.69) is 9.97 Å². The smallest absolute Gasteiger partial charge is 0.360 e. The molecule has 0 radical (unpaired) electrons. The molecule has 0 amide bonds. The highest BCUT2D eigenvalue weighted by Crippen LogP contribution is 2.24. The average molecular weight is 284 g/mol. The molecule has 0 saturated heterocycles. The van der Waals surface area contributed by atoms with Crippen LogP contribution < -0.4 is 4.74 Å². The van der Waals surface area contributed by atoms with Gasteiger partial charge < -0.3 is 9.84 Å². The lowest BCUT2D eigenvalue weighted by Gasteiger charge is -2.08. The van der Waals surface area contributed by atoms with Crippen molar-refractivity contribution in [3.05, 3.63) is 60.0 Å². The molecule has 1 aromatic heterocycles. The van der Waals surface area contributed by atoms with Gasteiger partial charge in [0, 0.05) is 0 Å². The van der Waals surface area contributed by atoms with Crippen LogP contribution in [0, 0.1) is 5.82 Å². The first-order valence-corrected chi connectivity index (χ1v) is 6.07. The van der Waals surface area contributed by atoms with Crippen molar-refractivity contribution in [2.24, 2.45) is 0 Å². The van der Waals surface area contributed by atoms with Gasteiger partial charge in [-0.1, -0.05) is 12.1 Å². The number of carboxylic acid groups (broad SMARTS) is 1. The van der Waals surface area contributed by atoms with Crippen LogP contribution >= 0.6 is 0 Å². The number of ether oxygens (including phenoxy) is 1. The minimum absolute atomic E-state index is 0.132. The summed E-state index contributed by atoms with van der Waals surface area (Å²) in [7, 11) is 0. The molecule has 104 valence electrons. The van der Waals surface area contributed by atoms with Crippen molar-refractivity contribution in [3.8, 4) is 11.6 Å². The highest BCUT2D eigenvalue weighted by Gasteiger charge is 2.17. The Bertz CT molecular complexity index is 819. The summed E-state index contributed by atoms with van der Waals surface area (Å²) in [4.78, 5) is 19.4. The van der Waals surface area contributed by atoms with Crippen molar-refractivity contribution < 1.29 is 19.0 Å². The molecule has 5 nitrogen and oxygen atoms in total. The second-order valence-electron chi connectivity index (χ2n) is 4.23. The van der Waals surface area contributed by atoms with Gasteiger partial charge in [0.15, 0.2) is 0 Å². The maximum absolute atomic E-state index is 12.9. The highest BCUT2D eigenvalue weighted by molar-refractivity contribution is 5.91. The van der Waals surface area contributed by atoms with Gasteiger partial charge in [-0.15, -0.1) is 0 Å². The summed E-state index contributed by atoms with van der Waals surface area (Å²) in [6, 6.07) is 12.1. The Kier molecular flexibility index (Phi) is 3.19. The molecule has 0 spiro atoms. The van der Waals surface area contributed by atoms with Crippen LogP contribution in [0.25, 0.3) is 11.0 Å². The van der Waals surface area contributed by atoms with Gasteiger partial charge in [0.05, 0.1) is 11.0 Å². The van der Waals surface area contributed by atoms with E-state index in [1.807, 2.05) is 0 Å². The van der Waals surface area contributed by atoms with Crippen LogP contribution in [0.1, 0.15) is 10.5 Å². The molecule has 0 saturated carbocycles. The third-order valence-corrected chi connectivity index (χ3v) is 2.77. The average Bonchev–Trinajstić information content (AvgIpc) is 2.48. The number of aromatic carboxylic acids is 1. The van der Waals surface area contributed by atoms with Gasteiger partial charge in [-0.25, -0.2) is 19.2 Å². The molecule has 1 heterocycles. The number of carboxylic acids is 1. The van der Waals surface area contributed by atoms with Crippen molar-refractivity contribution >= 4 is 17.0 Å². The minimum atomic E-state index is -1.25. The second-order valence-corrected chi connectivity index (χ2v) is 4.23. The largest absolute Gasteiger partial charge is 0.476 e. The number of hydrogen-bond donors (Lipinski definition) is 1. The third-order valence-electron chi connectivity index (χ3n) is 2.77. The molecule has 1 N–H and O–H groups in total. The summed E-state index contributed by atoms with van der Waals surface area (Å²) >= 11 is 0. The molecule has 3 rings (SSSR count). The summed E-state index contributed by atoms with van der Waals surface area (Å²) in [5.41, 5.74) is 0.680. The van der Waals surface area contributed by atoms with Crippen molar-refractivity contribution in [2.75, 3.05) is 0 Å². The number of carbonyl (C=O) groups is 1. The van der Waals surface area contributed by atoms with E-state index >= 15 is 0 Å². The lowest BCUT2D eigenvalue weighted by molar-refractivity contribution is 0.0687. The van der Waals surface area contributed by atoms with Gasteiger partial charge >= 0.3 is 5.97 Å².